The highest BCUT2D eigenvalue weighted by Crippen LogP contribution is 2.39. The monoisotopic (exact) mass is 484 g/mol. The van der Waals surface area contributed by atoms with E-state index in [9.17, 15) is 4.39 Å². The molecular weight excluding hydrogens is 459 g/mol. The second-order valence-electron chi connectivity index (χ2n) is 8.53. The van der Waals surface area contributed by atoms with Crippen molar-refractivity contribution in [2.24, 2.45) is 0 Å². The number of hydrogen-bond donors (Lipinski definition) is 1. The molecule has 1 aliphatic heterocycles. The van der Waals surface area contributed by atoms with E-state index in [1.807, 2.05) is 60.4 Å². The Hall–Kier alpha value is -3.84. The lowest BCUT2D eigenvalue weighted by Gasteiger charge is -2.37. The number of benzene rings is 3. The summed E-state index contributed by atoms with van der Waals surface area (Å²) in [7, 11) is 0. The number of thiocarbonyl (C=S) groups is 1. The fourth-order valence-corrected chi connectivity index (χ4v) is 4.65. The van der Waals surface area contributed by atoms with Crippen molar-refractivity contribution >= 4 is 28.6 Å². The first kappa shape index (κ1) is 22.9. The standard InChI is InChI=1S/C28H25FN4OS/c1-4-19-11-13-21(14-12-19)26-31-27(34-32-26)24-18(3)33(22-15-10-17(2)23(29)16-22)28(35)30-25(24)20-8-6-5-7-9-20/h5-16,25H,4H2,1-3H3,(H,30,35). The van der Waals surface area contributed by atoms with Crippen LogP contribution >= 0.6 is 12.2 Å². The van der Waals surface area contributed by atoms with E-state index in [1.54, 1.807) is 13.0 Å². The maximum Gasteiger partial charge on any atom is 0.258 e. The number of aryl methyl sites for hydroxylation is 2. The van der Waals surface area contributed by atoms with Gasteiger partial charge in [-0.15, -0.1) is 0 Å². The SMILES string of the molecule is CCc1ccc(-c2noc(C3=C(C)N(c4ccc(C)c(F)c4)C(=S)NC3c3ccccc3)n2)cc1. The molecule has 4 aromatic rings. The number of nitrogens with zero attached hydrogens (tertiary/aromatic N) is 3. The first-order valence-electron chi connectivity index (χ1n) is 11.5. The molecule has 3 aromatic carbocycles. The summed E-state index contributed by atoms with van der Waals surface area (Å²) in [4.78, 5) is 6.56. The summed E-state index contributed by atoms with van der Waals surface area (Å²) in [5, 5.41) is 8.14. The van der Waals surface area contributed by atoms with Crippen LogP contribution in [0.4, 0.5) is 10.1 Å². The summed E-state index contributed by atoms with van der Waals surface area (Å²) < 4.78 is 20.2. The van der Waals surface area contributed by atoms with Crippen molar-refractivity contribution in [3.63, 3.8) is 0 Å². The zero-order chi connectivity index (χ0) is 24.5. The largest absolute Gasteiger partial charge is 0.351 e. The molecule has 1 N–H and O–H groups in total. The van der Waals surface area contributed by atoms with Crippen LogP contribution < -0.4 is 10.2 Å². The normalized spacial score (nSPS) is 15.9. The summed E-state index contributed by atoms with van der Waals surface area (Å²) in [6, 6.07) is 22.9. The molecule has 5 nitrogen and oxygen atoms in total. The third kappa shape index (κ3) is 4.35. The number of halogens is 1. The van der Waals surface area contributed by atoms with E-state index in [1.165, 1.54) is 11.6 Å². The lowest BCUT2D eigenvalue weighted by Crippen LogP contribution is -2.46. The molecule has 35 heavy (non-hydrogen) atoms. The van der Waals surface area contributed by atoms with Gasteiger partial charge in [0.2, 0.25) is 5.82 Å². The lowest BCUT2D eigenvalue weighted by molar-refractivity contribution is 0.404. The summed E-state index contributed by atoms with van der Waals surface area (Å²) in [5.41, 5.74) is 5.91. The zero-order valence-corrected chi connectivity index (χ0v) is 20.6. The molecule has 0 fully saturated rings. The molecule has 176 valence electrons. The fraction of sp³-hybridized carbons (Fsp3) is 0.179. The predicted molar refractivity (Wildman–Crippen MR) is 140 cm³/mol. The van der Waals surface area contributed by atoms with Crippen LogP contribution in [0, 0.1) is 12.7 Å². The van der Waals surface area contributed by atoms with Crippen LogP contribution in [-0.2, 0) is 6.42 Å². The highest BCUT2D eigenvalue weighted by Gasteiger charge is 2.34. The minimum Gasteiger partial charge on any atom is -0.351 e. The van der Waals surface area contributed by atoms with E-state index < -0.39 is 0 Å². The van der Waals surface area contributed by atoms with Gasteiger partial charge in [-0.2, -0.15) is 4.98 Å². The van der Waals surface area contributed by atoms with Crippen molar-refractivity contribution in [2.75, 3.05) is 4.90 Å². The maximum atomic E-state index is 14.4. The van der Waals surface area contributed by atoms with E-state index >= 15 is 0 Å². The Balaban J connectivity index is 1.63. The molecule has 5 rings (SSSR count). The Morgan fingerprint density at radius 1 is 1.03 bits per heavy atom. The van der Waals surface area contributed by atoms with Gasteiger partial charge in [-0.25, -0.2) is 4.39 Å². The highest BCUT2D eigenvalue weighted by atomic mass is 32.1. The Morgan fingerprint density at radius 2 is 1.77 bits per heavy atom. The Bertz CT molecular complexity index is 1410. The molecule has 0 radical (unpaired) electrons. The lowest BCUT2D eigenvalue weighted by atomic mass is 9.94. The van der Waals surface area contributed by atoms with E-state index in [0.29, 0.717) is 28.1 Å². The number of anilines is 1. The van der Waals surface area contributed by atoms with Crippen LogP contribution in [0.5, 0.6) is 0 Å². The topological polar surface area (TPSA) is 54.2 Å². The molecule has 0 amide bonds. The van der Waals surface area contributed by atoms with Crippen LogP contribution in [0.3, 0.4) is 0 Å². The number of aromatic nitrogens is 2. The summed E-state index contributed by atoms with van der Waals surface area (Å²) >= 11 is 5.74. The van der Waals surface area contributed by atoms with Crippen LogP contribution in [-0.4, -0.2) is 15.3 Å². The summed E-state index contributed by atoms with van der Waals surface area (Å²) in [6.07, 6.45) is 0.962. The van der Waals surface area contributed by atoms with Crippen LogP contribution in [0.25, 0.3) is 17.0 Å². The number of rotatable bonds is 5. The van der Waals surface area contributed by atoms with Crippen molar-refractivity contribution in [2.45, 2.75) is 33.2 Å². The number of allylic oxidation sites excluding steroid dienone is 1. The number of hydrogen-bond acceptors (Lipinski definition) is 4. The van der Waals surface area contributed by atoms with Gasteiger partial charge in [0.25, 0.3) is 5.89 Å². The van der Waals surface area contributed by atoms with E-state index in [2.05, 4.69) is 29.5 Å². The second-order valence-corrected chi connectivity index (χ2v) is 8.92. The van der Waals surface area contributed by atoms with Gasteiger partial charge in [0.15, 0.2) is 5.11 Å². The van der Waals surface area contributed by atoms with Crippen molar-refractivity contribution in [3.05, 3.63) is 107 Å². The number of nitrogens with one attached hydrogen (secondary N) is 1. The molecule has 0 saturated carbocycles. The molecule has 0 saturated heterocycles. The minimum atomic E-state index is -0.300. The zero-order valence-electron chi connectivity index (χ0n) is 19.7. The van der Waals surface area contributed by atoms with Crippen molar-refractivity contribution in [1.29, 1.82) is 0 Å². The van der Waals surface area contributed by atoms with E-state index in [4.69, 9.17) is 21.7 Å². The molecule has 1 unspecified atom stereocenters. The third-order valence-electron chi connectivity index (χ3n) is 6.31. The van der Waals surface area contributed by atoms with E-state index in [0.717, 1.165) is 28.8 Å². The van der Waals surface area contributed by atoms with Crippen molar-refractivity contribution < 1.29 is 8.91 Å². The molecule has 7 heteroatoms. The van der Waals surface area contributed by atoms with Crippen LogP contribution in [0.2, 0.25) is 0 Å². The first-order chi connectivity index (χ1) is 17.0. The van der Waals surface area contributed by atoms with Gasteiger partial charge in [-0.3, -0.25) is 4.90 Å². The highest BCUT2D eigenvalue weighted by molar-refractivity contribution is 7.80. The Labute approximate surface area is 209 Å². The molecule has 2 heterocycles. The van der Waals surface area contributed by atoms with Crippen LogP contribution in [0.15, 0.2) is 83.0 Å². The molecule has 0 spiro atoms. The molecular formula is C28H25FN4OS. The van der Waals surface area contributed by atoms with Gasteiger partial charge in [0, 0.05) is 11.3 Å². The second kappa shape index (κ2) is 9.43. The Morgan fingerprint density at radius 3 is 2.46 bits per heavy atom. The van der Waals surface area contributed by atoms with E-state index in [-0.39, 0.29) is 11.9 Å². The van der Waals surface area contributed by atoms with Gasteiger partial charge in [0.05, 0.1) is 17.3 Å². The van der Waals surface area contributed by atoms with Gasteiger partial charge < -0.3 is 9.84 Å². The third-order valence-corrected chi connectivity index (χ3v) is 6.61. The van der Waals surface area contributed by atoms with Crippen molar-refractivity contribution in [1.82, 2.24) is 15.5 Å². The fourth-order valence-electron chi connectivity index (χ4n) is 4.29. The minimum absolute atomic E-state index is 0.291. The summed E-state index contributed by atoms with van der Waals surface area (Å²) in [5.74, 6) is 0.606. The van der Waals surface area contributed by atoms with Gasteiger partial charge in [0.1, 0.15) is 5.82 Å². The first-order valence-corrected chi connectivity index (χ1v) is 11.9. The maximum absolute atomic E-state index is 14.4. The van der Waals surface area contributed by atoms with Gasteiger partial charge >= 0.3 is 0 Å². The predicted octanol–water partition coefficient (Wildman–Crippen LogP) is 6.61. The average molecular weight is 485 g/mol. The smallest absolute Gasteiger partial charge is 0.258 e. The molecule has 1 aromatic heterocycles. The van der Waals surface area contributed by atoms with Crippen LogP contribution in [0.1, 0.15) is 42.5 Å². The molecule has 0 aliphatic carbocycles. The van der Waals surface area contributed by atoms with Crippen molar-refractivity contribution in [3.8, 4) is 11.4 Å². The van der Waals surface area contributed by atoms with Gasteiger partial charge in [-0.05, 0) is 61.3 Å². The average Bonchev–Trinajstić information content (AvgIpc) is 3.36. The summed E-state index contributed by atoms with van der Waals surface area (Å²) in [6.45, 7) is 5.79. The Kier molecular flexibility index (Phi) is 6.17. The molecule has 0 bridgehead atoms. The quantitative estimate of drug-likeness (QED) is 0.322. The van der Waals surface area contributed by atoms with Gasteiger partial charge in [-0.1, -0.05) is 72.7 Å². The molecule has 1 atom stereocenters. The molecule has 1 aliphatic rings.